The third kappa shape index (κ3) is 34.4. The van der Waals surface area contributed by atoms with Gasteiger partial charge in [0.2, 0.25) is 5.91 Å². The van der Waals surface area contributed by atoms with E-state index in [0.29, 0.717) is 12.8 Å². The summed E-state index contributed by atoms with van der Waals surface area (Å²) in [4.78, 5) is 13.2. The number of ether oxygens (including phenoxy) is 4. The summed E-state index contributed by atoms with van der Waals surface area (Å²) in [5, 5.41) is 87.3. The van der Waals surface area contributed by atoms with Gasteiger partial charge in [0.25, 0.3) is 0 Å². The largest absolute Gasteiger partial charge is 0.394 e. The molecule has 12 atom stereocenters. The Labute approximate surface area is 473 Å². The Balaban J connectivity index is 1.68. The summed E-state index contributed by atoms with van der Waals surface area (Å²) in [6.45, 7) is 2.73. The molecule has 0 spiro atoms. The van der Waals surface area contributed by atoms with Crippen molar-refractivity contribution in [2.75, 3.05) is 19.8 Å². The molecule has 0 aromatic carbocycles. The minimum absolute atomic E-state index is 0.246. The average molecular weight is 1110 g/mol. The Morgan fingerprint density at radius 1 is 0.474 bits per heavy atom. The summed E-state index contributed by atoms with van der Waals surface area (Å²) < 4.78 is 22.8. The Bertz CT molecular complexity index is 1490. The maximum absolute atomic E-state index is 13.2. The zero-order valence-electron chi connectivity index (χ0n) is 49.2. The Morgan fingerprint density at radius 2 is 0.885 bits per heavy atom. The second kappa shape index (κ2) is 49.5. The fourth-order valence-electron chi connectivity index (χ4n) is 10.5. The molecule has 2 aliphatic rings. The molecule has 0 saturated carbocycles. The number of hydrogen-bond donors (Lipinski definition) is 9. The molecule has 9 N–H and O–H groups in total. The predicted molar refractivity (Wildman–Crippen MR) is 314 cm³/mol. The van der Waals surface area contributed by atoms with Gasteiger partial charge in [0.15, 0.2) is 12.6 Å². The lowest BCUT2D eigenvalue weighted by atomic mass is 9.97. The van der Waals surface area contributed by atoms with Crippen molar-refractivity contribution in [1.29, 1.82) is 0 Å². The quantitative estimate of drug-likeness (QED) is 0.0204. The average Bonchev–Trinajstić information content (AvgIpc) is 3.48. The smallest absolute Gasteiger partial charge is 0.220 e. The highest BCUT2D eigenvalue weighted by molar-refractivity contribution is 5.76. The number of nitrogens with one attached hydrogen (secondary N) is 1. The lowest BCUT2D eigenvalue weighted by Crippen LogP contribution is -2.65. The van der Waals surface area contributed by atoms with Crippen molar-refractivity contribution in [3.63, 3.8) is 0 Å². The Hall–Kier alpha value is -2.05. The van der Waals surface area contributed by atoms with E-state index in [4.69, 9.17) is 18.9 Å². The molecule has 0 aromatic rings. The molecule has 0 bridgehead atoms. The number of carbonyl (C=O) groups is 1. The van der Waals surface area contributed by atoms with Gasteiger partial charge in [0.05, 0.1) is 32.0 Å². The molecule has 12 unspecified atom stereocenters. The number of hydrogen-bond acceptors (Lipinski definition) is 13. The highest BCUT2D eigenvalue weighted by Gasteiger charge is 2.51. The summed E-state index contributed by atoms with van der Waals surface area (Å²) in [7, 11) is 0. The van der Waals surface area contributed by atoms with E-state index < -0.39 is 86.8 Å². The standard InChI is InChI=1S/C64H117NO13/c1-3-5-7-9-11-13-15-17-19-20-21-22-23-24-25-26-27-28-29-30-31-32-34-35-37-39-41-43-45-47-53(68)52(65-56(69)48-46-44-42-40-38-36-33-18-16-14-12-10-8-6-4-2)51-75-63-61(74)59(72)62(55(50-67)77-63)78-64-60(73)58(71)57(70)54(49-66)76-64/h6,8,12,14,18,33,38,40,52-55,57-64,66-68,70-74H,3-5,7,9-11,13,15-17,19-32,34-37,39,41-51H2,1-2H3,(H,65,69)/b8-6-,14-12-,33-18-,40-38-. The summed E-state index contributed by atoms with van der Waals surface area (Å²) in [6, 6.07) is -0.853. The molecule has 0 radical (unpaired) electrons. The van der Waals surface area contributed by atoms with Crippen molar-refractivity contribution < 1.29 is 64.6 Å². The van der Waals surface area contributed by atoms with Gasteiger partial charge in [-0.1, -0.05) is 249 Å². The van der Waals surface area contributed by atoms with Crippen LogP contribution < -0.4 is 5.32 Å². The van der Waals surface area contributed by atoms with Crippen LogP contribution in [0.15, 0.2) is 48.6 Å². The molecule has 2 aliphatic heterocycles. The Kier molecular flexibility index (Phi) is 45.8. The monoisotopic (exact) mass is 1110 g/mol. The summed E-state index contributed by atoms with van der Waals surface area (Å²) in [5.41, 5.74) is 0. The number of aliphatic hydroxyl groups excluding tert-OH is 8. The summed E-state index contributed by atoms with van der Waals surface area (Å²) >= 11 is 0. The van der Waals surface area contributed by atoms with E-state index in [1.807, 2.05) is 0 Å². The SMILES string of the molecule is CC/C=C\C/C=C\C/C=C\C/C=C\CCCCC(=O)NC(COC1OC(CO)C(OC2OC(CO)C(O)C(O)C2O)C(O)C1O)C(O)CCCCCCCCCCCCCCCCCCCCCCCCCCCCCCC. The molecule has 1 amide bonds. The zero-order valence-corrected chi connectivity index (χ0v) is 49.2. The van der Waals surface area contributed by atoms with Gasteiger partial charge >= 0.3 is 0 Å². The third-order valence-corrected chi connectivity index (χ3v) is 15.6. The minimum atomic E-state index is -1.79. The van der Waals surface area contributed by atoms with Gasteiger partial charge in [-0.25, -0.2) is 0 Å². The minimum Gasteiger partial charge on any atom is -0.394 e. The van der Waals surface area contributed by atoms with Gasteiger partial charge in [0, 0.05) is 6.42 Å². The normalized spacial score (nSPS) is 24.8. The van der Waals surface area contributed by atoms with Crippen LogP contribution in [0.25, 0.3) is 0 Å². The number of rotatable bonds is 51. The molecule has 0 aliphatic carbocycles. The van der Waals surface area contributed by atoms with Crippen LogP contribution in [0.1, 0.15) is 258 Å². The molecule has 456 valence electrons. The van der Waals surface area contributed by atoms with E-state index in [-0.39, 0.29) is 18.9 Å². The maximum atomic E-state index is 13.2. The molecule has 0 aromatic heterocycles. The van der Waals surface area contributed by atoms with Crippen LogP contribution in [0.5, 0.6) is 0 Å². The first-order valence-corrected chi connectivity index (χ1v) is 31.9. The molecule has 2 saturated heterocycles. The van der Waals surface area contributed by atoms with Crippen LogP contribution >= 0.6 is 0 Å². The third-order valence-electron chi connectivity index (χ3n) is 15.6. The van der Waals surface area contributed by atoms with Crippen molar-refractivity contribution in [1.82, 2.24) is 5.32 Å². The number of amides is 1. The first-order chi connectivity index (χ1) is 38.1. The van der Waals surface area contributed by atoms with Crippen LogP contribution in [0.3, 0.4) is 0 Å². The molecule has 14 nitrogen and oxygen atoms in total. The number of aliphatic hydroxyl groups is 8. The van der Waals surface area contributed by atoms with E-state index in [1.165, 1.54) is 161 Å². The van der Waals surface area contributed by atoms with Crippen LogP contribution in [0.2, 0.25) is 0 Å². The van der Waals surface area contributed by atoms with Crippen LogP contribution in [0.4, 0.5) is 0 Å². The first kappa shape index (κ1) is 72.1. The summed E-state index contributed by atoms with van der Waals surface area (Å²) in [6.07, 6.45) is 45.7. The number of carbonyl (C=O) groups excluding carboxylic acids is 1. The van der Waals surface area contributed by atoms with Gasteiger partial charge in [-0.2, -0.15) is 0 Å². The van der Waals surface area contributed by atoms with Gasteiger partial charge in [-0.05, 0) is 51.4 Å². The molecular weight excluding hydrogens is 991 g/mol. The Morgan fingerprint density at radius 3 is 1.33 bits per heavy atom. The number of unbranched alkanes of at least 4 members (excludes halogenated alkanes) is 30. The van der Waals surface area contributed by atoms with Crippen molar-refractivity contribution >= 4 is 5.91 Å². The van der Waals surface area contributed by atoms with E-state index in [2.05, 4.69) is 67.8 Å². The van der Waals surface area contributed by atoms with Crippen molar-refractivity contribution in [2.45, 2.75) is 331 Å². The molecule has 2 rings (SSSR count). The first-order valence-electron chi connectivity index (χ1n) is 31.9. The van der Waals surface area contributed by atoms with Gasteiger partial charge in [0.1, 0.15) is 48.8 Å². The lowest BCUT2D eigenvalue weighted by molar-refractivity contribution is -0.359. The van der Waals surface area contributed by atoms with Crippen LogP contribution in [-0.2, 0) is 23.7 Å². The molecule has 2 fully saturated rings. The highest BCUT2D eigenvalue weighted by Crippen LogP contribution is 2.30. The second-order valence-corrected chi connectivity index (χ2v) is 22.5. The molecular formula is C64H117NO13. The number of allylic oxidation sites excluding steroid dienone is 8. The molecule has 2 heterocycles. The van der Waals surface area contributed by atoms with Crippen molar-refractivity contribution in [2.24, 2.45) is 0 Å². The predicted octanol–water partition coefficient (Wildman–Crippen LogP) is 11.6. The van der Waals surface area contributed by atoms with Gasteiger partial charge in [-0.15, -0.1) is 0 Å². The second-order valence-electron chi connectivity index (χ2n) is 22.5. The van der Waals surface area contributed by atoms with Crippen molar-refractivity contribution in [3.8, 4) is 0 Å². The highest BCUT2D eigenvalue weighted by atomic mass is 16.7. The van der Waals surface area contributed by atoms with E-state index in [9.17, 15) is 45.6 Å². The van der Waals surface area contributed by atoms with Gasteiger partial charge in [-0.3, -0.25) is 4.79 Å². The van der Waals surface area contributed by atoms with E-state index in [1.54, 1.807) is 0 Å². The van der Waals surface area contributed by atoms with Crippen LogP contribution in [0, 0.1) is 0 Å². The zero-order chi connectivity index (χ0) is 56.7. The molecule has 14 heteroatoms. The summed E-state index contributed by atoms with van der Waals surface area (Å²) in [5.74, 6) is -0.246. The maximum Gasteiger partial charge on any atom is 0.220 e. The fraction of sp³-hybridized carbons (Fsp3) is 0.859. The van der Waals surface area contributed by atoms with E-state index >= 15 is 0 Å². The van der Waals surface area contributed by atoms with Gasteiger partial charge < -0.3 is 65.1 Å². The lowest BCUT2D eigenvalue weighted by Gasteiger charge is -2.46. The van der Waals surface area contributed by atoms with Crippen molar-refractivity contribution in [3.05, 3.63) is 48.6 Å². The topological polar surface area (TPSA) is 228 Å². The van der Waals surface area contributed by atoms with E-state index in [0.717, 1.165) is 64.2 Å². The fourth-order valence-corrected chi connectivity index (χ4v) is 10.5. The molecule has 78 heavy (non-hydrogen) atoms. The van der Waals surface area contributed by atoms with Crippen LogP contribution in [-0.4, -0.2) is 140 Å².